The summed E-state index contributed by atoms with van der Waals surface area (Å²) >= 11 is 0. The molecule has 0 unspecified atom stereocenters. The lowest BCUT2D eigenvalue weighted by molar-refractivity contribution is 0.0591. The highest BCUT2D eigenvalue weighted by molar-refractivity contribution is 5.96. The molecule has 27 heavy (non-hydrogen) atoms. The zero-order chi connectivity index (χ0) is 18.6. The first-order valence-electron chi connectivity index (χ1n) is 9.97. The van der Waals surface area contributed by atoms with Gasteiger partial charge in [-0.2, -0.15) is 0 Å². The number of anilines is 1. The van der Waals surface area contributed by atoms with Gasteiger partial charge in [-0.15, -0.1) is 0 Å². The summed E-state index contributed by atoms with van der Waals surface area (Å²) in [5.74, 6) is 0.292. The minimum absolute atomic E-state index is 0.168. The average molecular weight is 365 g/mol. The zero-order valence-electron chi connectivity index (χ0n) is 15.6. The number of fused-ring (bicyclic) bond motifs is 2. The van der Waals surface area contributed by atoms with E-state index in [-0.39, 0.29) is 22.9 Å². The van der Waals surface area contributed by atoms with Crippen molar-refractivity contribution >= 4 is 11.7 Å². The molecule has 4 nitrogen and oxygen atoms in total. The molecule has 1 amide bonds. The topological polar surface area (TPSA) is 45.2 Å². The summed E-state index contributed by atoms with van der Waals surface area (Å²) in [6, 6.07) is 7.45. The molecule has 2 heterocycles. The third-order valence-electron chi connectivity index (χ3n) is 6.56. The second kappa shape index (κ2) is 6.04. The maximum absolute atomic E-state index is 15.4. The van der Waals surface area contributed by atoms with Crippen molar-refractivity contribution in [2.75, 3.05) is 18.4 Å². The molecule has 1 spiro atoms. The number of benzene rings is 1. The summed E-state index contributed by atoms with van der Waals surface area (Å²) < 4.78 is 15.4. The van der Waals surface area contributed by atoms with E-state index in [0.717, 1.165) is 50.0 Å². The molecule has 5 heteroatoms. The molecule has 2 saturated carbocycles. The van der Waals surface area contributed by atoms with Gasteiger partial charge in [-0.1, -0.05) is 12.1 Å². The number of aromatic nitrogens is 1. The number of rotatable bonds is 4. The van der Waals surface area contributed by atoms with Crippen LogP contribution in [-0.2, 0) is 5.41 Å². The molecular weight excluding hydrogens is 341 g/mol. The molecule has 1 N–H and O–H groups in total. The lowest BCUT2D eigenvalue weighted by Crippen LogP contribution is -2.44. The van der Waals surface area contributed by atoms with E-state index in [4.69, 9.17) is 0 Å². The van der Waals surface area contributed by atoms with Gasteiger partial charge >= 0.3 is 0 Å². The SMILES string of the molecule is CCN(C(=O)c1cccc(-c2cnc3c(c2)C2(CC2)CN3)c1F)C1CCC1. The monoisotopic (exact) mass is 365 g/mol. The molecule has 0 bridgehead atoms. The van der Waals surface area contributed by atoms with E-state index in [1.807, 2.05) is 11.8 Å². The summed E-state index contributed by atoms with van der Waals surface area (Å²) in [6.07, 6.45) is 7.21. The van der Waals surface area contributed by atoms with E-state index in [9.17, 15) is 4.79 Å². The Morgan fingerprint density at radius 3 is 2.85 bits per heavy atom. The van der Waals surface area contributed by atoms with Crippen LogP contribution in [0.3, 0.4) is 0 Å². The number of hydrogen-bond acceptors (Lipinski definition) is 3. The van der Waals surface area contributed by atoms with E-state index in [2.05, 4.69) is 16.4 Å². The van der Waals surface area contributed by atoms with Crippen molar-refractivity contribution in [3.05, 3.63) is 47.4 Å². The molecule has 2 fully saturated rings. The normalized spacial score (nSPS) is 19.3. The van der Waals surface area contributed by atoms with Crippen molar-refractivity contribution in [1.29, 1.82) is 0 Å². The molecule has 140 valence electrons. The predicted octanol–water partition coefficient (Wildman–Crippen LogP) is 4.36. The number of nitrogens with one attached hydrogen (secondary N) is 1. The number of amides is 1. The van der Waals surface area contributed by atoms with Gasteiger partial charge in [0.15, 0.2) is 0 Å². The van der Waals surface area contributed by atoms with Crippen LogP contribution in [0.15, 0.2) is 30.5 Å². The number of hydrogen-bond donors (Lipinski definition) is 1. The quantitative estimate of drug-likeness (QED) is 0.876. The lowest BCUT2D eigenvalue weighted by Gasteiger charge is -2.37. The van der Waals surface area contributed by atoms with Crippen LogP contribution in [0, 0.1) is 5.82 Å². The van der Waals surface area contributed by atoms with Crippen LogP contribution in [0.4, 0.5) is 10.2 Å². The third kappa shape index (κ3) is 2.55. The Morgan fingerprint density at radius 1 is 1.37 bits per heavy atom. The van der Waals surface area contributed by atoms with Crippen molar-refractivity contribution in [2.24, 2.45) is 0 Å². The number of halogens is 1. The molecule has 1 aromatic carbocycles. The Labute approximate surface area is 158 Å². The van der Waals surface area contributed by atoms with Gasteiger partial charge in [0, 0.05) is 47.4 Å². The van der Waals surface area contributed by atoms with Gasteiger partial charge in [0.05, 0.1) is 5.56 Å². The molecule has 0 radical (unpaired) electrons. The van der Waals surface area contributed by atoms with Gasteiger partial charge in [-0.25, -0.2) is 9.37 Å². The van der Waals surface area contributed by atoms with E-state index in [0.29, 0.717) is 12.1 Å². The second-order valence-electron chi connectivity index (χ2n) is 8.10. The zero-order valence-corrected chi connectivity index (χ0v) is 15.6. The molecule has 2 aliphatic carbocycles. The number of pyridine rings is 1. The molecule has 0 atom stereocenters. The minimum atomic E-state index is -0.433. The van der Waals surface area contributed by atoms with Crippen LogP contribution in [0.5, 0.6) is 0 Å². The van der Waals surface area contributed by atoms with Crippen LogP contribution in [0.1, 0.15) is 54.9 Å². The van der Waals surface area contributed by atoms with Gasteiger partial charge < -0.3 is 10.2 Å². The van der Waals surface area contributed by atoms with Crippen LogP contribution >= 0.6 is 0 Å². The van der Waals surface area contributed by atoms with Crippen LogP contribution in [0.2, 0.25) is 0 Å². The highest BCUT2D eigenvalue weighted by Crippen LogP contribution is 2.54. The Hall–Kier alpha value is -2.43. The molecule has 1 aromatic heterocycles. The molecule has 5 rings (SSSR count). The lowest BCUT2D eigenvalue weighted by atomic mass is 9.90. The van der Waals surface area contributed by atoms with Crippen molar-refractivity contribution in [3.8, 4) is 11.1 Å². The first-order valence-corrected chi connectivity index (χ1v) is 9.97. The van der Waals surface area contributed by atoms with E-state index in [1.54, 1.807) is 24.4 Å². The van der Waals surface area contributed by atoms with Crippen molar-refractivity contribution < 1.29 is 9.18 Å². The summed E-state index contributed by atoms with van der Waals surface area (Å²) in [7, 11) is 0. The Bertz CT molecular complexity index is 918. The maximum atomic E-state index is 15.4. The molecule has 2 aromatic rings. The van der Waals surface area contributed by atoms with Gasteiger partial charge in [0.2, 0.25) is 0 Å². The smallest absolute Gasteiger partial charge is 0.257 e. The maximum Gasteiger partial charge on any atom is 0.257 e. The van der Waals surface area contributed by atoms with Crippen molar-refractivity contribution in [3.63, 3.8) is 0 Å². The standard InChI is InChI=1S/C22H24FN3O/c1-2-26(15-5-3-6-15)21(27)17-8-4-7-16(19(17)23)14-11-18-20(24-12-14)25-13-22(18)9-10-22/h4,7-8,11-12,15H,2-3,5-6,9-10,13H2,1H3,(H,24,25). The van der Waals surface area contributed by atoms with Crippen LogP contribution in [0.25, 0.3) is 11.1 Å². The fraction of sp³-hybridized carbons (Fsp3) is 0.455. The predicted molar refractivity (Wildman–Crippen MR) is 103 cm³/mol. The molecular formula is C22H24FN3O. The third-order valence-corrected chi connectivity index (χ3v) is 6.56. The average Bonchev–Trinajstić information content (AvgIpc) is 3.34. The Morgan fingerprint density at radius 2 is 2.19 bits per heavy atom. The van der Waals surface area contributed by atoms with Gasteiger partial charge in [-0.05, 0) is 51.2 Å². The van der Waals surface area contributed by atoms with E-state index < -0.39 is 5.82 Å². The molecule has 1 aliphatic heterocycles. The summed E-state index contributed by atoms with van der Waals surface area (Å²) in [6.45, 7) is 3.50. The fourth-order valence-electron chi connectivity index (χ4n) is 4.44. The van der Waals surface area contributed by atoms with Gasteiger partial charge in [0.1, 0.15) is 11.6 Å². The Balaban J connectivity index is 1.52. The summed E-state index contributed by atoms with van der Waals surface area (Å²) in [4.78, 5) is 19.3. The highest BCUT2D eigenvalue weighted by Gasteiger charge is 2.49. The summed E-state index contributed by atoms with van der Waals surface area (Å²) in [5.41, 5.74) is 2.78. The highest BCUT2D eigenvalue weighted by atomic mass is 19.1. The van der Waals surface area contributed by atoms with Gasteiger partial charge in [0.25, 0.3) is 5.91 Å². The van der Waals surface area contributed by atoms with Crippen molar-refractivity contribution in [1.82, 2.24) is 9.88 Å². The van der Waals surface area contributed by atoms with Crippen LogP contribution < -0.4 is 5.32 Å². The van der Waals surface area contributed by atoms with Crippen LogP contribution in [-0.4, -0.2) is 34.9 Å². The first kappa shape index (κ1) is 16.7. The first-order chi connectivity index (χ1) is 13.1. The van der Waals surface area contributed by atoms with E-state index >= 15 is 4.39 Å². The molecule has 3 aliphatic rings. The van der Waals surface area contributed by atoms with Crippen molar-refractivity contribution in [2.45, 2.75) is 50.5 Å². The minimum Gasteiger partial charge on any atom is -0.369 e. The Kier molecular flexibility index (Phi) is 3.74. The van der Waals surface area contributed by atoms with E-state index in [1.165, 1.54) is 5.56 Å². The van der Waals surface area contributed by atoms with Gasteiger partial charge in [-0.3, -0.25) is 4.79 Å². The second-order valence-corrected chi connectivity index (χ2v) is 8.10. The number of carbonyl (C=O) groups is 1. The number of nitrogens with zero attached hydrogens (tertiary/aromatic N) is 2. The summed E-state index contributed by atoms with van der Waals surface area (Å²) in [5, 5.41) is 3.36. The number of carbonyl (C=O) groups excluding carboxylic acids is 1. The molecule has 0 saturated heterocycles. The largest absolute Gasteiger partial charge is 0.369 e. The fourth-order valence-corrected chi connectivity index (χ4v) is 4.44.